The smallest absolute Gasteiger partial charge is 0.276 e. The van der Waals surface area contributed by atoms with Gasteiger partial charge in [0.25, 0.3) is 11.8 Å². The SMILES string of the molecule is O=C(Nc1nc2c(s1)CN(C(=O)c1cc(C3CC3)on1)CC2)c1cccs1. The highest BCUT2D eigenvalue weighted by atomic mass is 32.1. The minimum atomic E-state index is -0.153. The molecule has 0 unspecified atom stereocenters. The van der Waals surface area contributed by atoms with E-state index in [9.17, 15) is 9.59 Å². The van der Waals surface area contributed by atoms with Crippen LogP contribution in [-0.4, -0.2) is 33.4 Å². The van der Waals surface area contributed by atoms with Crippen molar-refractivity contribution in [1.29, 1.82) is 0 Å². The van der Waals surface area contributed by atoms with Crippen LogP contribution in [0.3, 0.4) is 0 Å². The van der Waals surface area contributed by atoms with Gasteiger partial charge in [-0.3, -0.25) is 14.9 Å². The molecule has 27 heavy (non-hydrogen) atoms. The molecule has 5 rings (SSSR count). The highest BCUT2D eigenvalue weighted by Gasteiger charge is 2.31. The van der Waals surface area contributed by atoms with Crippen LogP contribution in [0, 0.1) is 0 Å². The molecule has 0 aromatic carbocycles. The number of nitrogens with zero attached hydrogens (tertiary/aromatic N) is 3. The van der Waals surface area contributed by atoms with E-state index in [4.69, 9.17) is 4.52 Å². The summed E-state index contributed by atoms with van der Waals surface area (Å²) in [6.45, 7) is 1.06. The minimum absolute atomic E-state index is 0.117. The number of amides is 2. The van der Waals surface area contributed by atoms with Gasteiger partial charge in [0.2, 0.25) is 0 Å². The molecule has 9 heteroatoms. The van der Waals surface area contributed by atoms with Crippen molar-refractivity contribution in [2.24, 2.45) is 0 Å². The number of anilines is 1. The van der Waals surface area contributed by atoms with Crippen LogP contribution in [0.15, 0.2) is 28.1 Å². The Balaban J connectivity index is 1.28. The molecular weight excluding hydrogens is 384 g/mol. The third-order valence-electron chi connectivity index (χ3n) is 4.71. The number of thiazole rings is 1. The van der Waals surface area contributed by atoms with Crippen LogP contribution in [0.5, 0.6) is 0 Å². The lowest BCUT2D eigenvalue weighted by atomic mass is 10.1. The fourth-order valence-corrected chi connectivity index (χ4v) is 4.74. The molecule has 0 radical (unpaired) electrons. The maximum Gasteiger partial charge on any atom is 0.276 e. The number of fused-ring (bicyclic) bond motifs is 1. The van der Waals surface area contributed by atoms with Gasteiger partial charge in [-0.05, 0) is 24.3 Å². The van der Waals surface area contributed by atoms with Crippen molar-refractivity contribution in [3.05, 3.63) is 50.5 Å². The van der Waals surface area contributed by atoms with E-state index in [1.165, 1.54) is 22.7 Å². The molecule has 138 valence electrons. The lowest BCUT2D eigenvalue weighted by Gasteiger charge is -2.25. The fourth-order valence-electron chi connectivity index (χ4n) is 3.10. The Labute approximate surface area is 163 Å². The standard InChI is InChI=1S/C18H16N4O3S2/c23-16(14-2-1-7-26-14)20-18-19-11-5-6-22(9-15(11)27-18)17(24)12-8-13(25-21-12)10-3-4-10/h1-2,7-8,10H,3-6,9H2,(H,19,20,23). The van der Waals surface area contributed by atoms with E-state index in [1.54, 1.807) is 17.0 Å². The average Bonchev–Trinajstić information content (AvgIpc) is 3.09. The maximum atomic E-state index is 12.7. The normalized spacial score (nSPS) is 16.2. The van der Waals surface area contributed by atoms with Crippen molar-refractivity contribution < 1.29 is 14.1 Å². The van der Waals surface area contributed by atoms with Crippen molar-refractivity contribution in [2.45, 2.75) is 31.7 Å². The summed E-state index contributed by atoms with van der Waals surface area (Å²) in [5.74, 6) is 0.975. The van der Waals surface area contributed by atoms with E-state index in [0.29, 0.717) is 41.1 Å². The summed E-state index contributed by atoms with van der Waals surface area (Å²) in [7, 11) is 0. The van der Waals surface area contributed by atoms with Gasteiger partial charge in [-0.2, -0.15) is 0 Å². The molecule has 1 fully saturated rings. The van der Waals surface area contributed by atoms with Crippen LogP contribution >= 0.6 is 22.7 Å². The molecule has 0 bridgehead atoms. The van der Waals surface area contributed by atoms with E-state index in [0.717, 1.165) is 29.2 Å². The predicted molar refractivity (Wildman–Crippen MR) is 101 cm³/mol. The monoisotopic (exact) mass is 400 g/mol. The number of carbonyl (C=O) groups excluding carboxylic acids is 2. The van der Waals surface area contributed by atoms with E-state index in [2.05, 4.69) is 15.5 Å². The van der Waals surface area contributed by atoms with Crippen molar-refractivity contribution >= 4 is 39.6 Å². The average molecular weight is 400 g/mol. The third-order valence-corrected chi connectivity index (χ3v) is 6.58. The number of hydrogen-bond acceptors (Lipinski definition) is 7. The summed E-state index contributed by atoms with van der Waals surface area (Å²) in [6, 6.07) is 5.39. The molecule has 4 heterocycles. The molecule has 2 amide bonds. The molecule has 1 aliphatic carbocycles. The van der Waals surface area contributed by atoms with E-state index >= 15 is 0 Å². The first kappa shape index (κ1) is 16.6. The maximum absolute atomic E-state index is 12.7. The number of carbonyl (C=O) groups is 2. The van der Waals surface area contributed by atoms with Gasteiger partial charge in [0.05, 0.1) is 17.1 Å². The first-order valence-electron chi connectivity index (χ1n) is 8.76. The Hall–Kier alpha value is -2.52. The zero-order valence-corrected chi connectivity index (χ0v) is 15.9. The van der Waals surface area contributed by atoms with Crippen molar-refractivity contribution in [2.75, 3.05) is 11.9 Å². The van der Waals surface area contributed by atoms with E-state index in [-0.39, 0.29) is 11.8 Å². The predicted octanol–water partition coefficient (Wildman–Crippen LogP) is 3.52. The minimum Gasteiger partial charge on any atom is -0.360 e. The van der Waals surface area contributed by atoms with Gasteiger partial charge in [-0.25, -0.2) is 4.98 Å². The van der Waals surface area contributed by atoms with Gasteiger partial charge in [-0.15, -0.1) is 11.3 Å². The second-order valence-electron chi connectivity index (χ2n) is 6.69. The second-order valence-corrected chi connectivity index (χ2v) is 8.72. The Morgan fingerprint density at radius 1 is 1.33 bits per heavy atom. The number of thiophene rings is 1. The third kappa shape index (κ3) is 3.28. The number of aromatic nitrogens is 2. The molecule has 3 aromatic heterocycles. The topological polar surface area (TPSA) is 88.3 Å². The summed E-state index contributed by atoms with van der Waals surface area (Å²) < 4.78 is 5.30. The van der Waals surface area contributed by atoms with Crippen LogP contribution in [0.25, 0.3) is 0 Å². The number of rotatable bonds is 4. The molecule has 0 saturated heterocycles. The van der Waals surface area contributed by atoms with Gasteiger partial charge in [0.15, 0.2) is 10.8 Å². The highest BCUT2D eigenvalue weighted by Crippen LogP contribution is 2.40. The van der Waals surface area contributed by atoms with Crippen molar-refractivity contribution in [3.63, 3.8) is 0 Å². The van der Waals surface area contributed by atoms with Crippen LogP contribution in [0.4, 0.5) is 5.13 Å². The van der Waals surface area contributed by atoms with Crippen LogP contribution in [0.1, 0.15) is 55.3 Å². The van der Waals surface area contributed by atoms with Gasteiger partial charge in [0, 0.05) is 29.8 Å². The van der Waals surface area contributed by atoms with Gasteiger partial charge in [-0.1, -0.05) is 22.6 Å². The highest BCUT2D eigenvalue weighted by molar-refractivity contribution is 7.16. The molecular formula is C18H16N4O3S2. The van der Waals surface area contributed by atoms with Gasteiger partial charge < -0.3 is 9.42 Å². The Morgan fingerprint density at radius 2 is 2.22 bits per heavy atom. The van der Waals surface area contributed by atoms with Gasteiger partial charge in [0.1, 0.15) is 5.76 Å². The Morgan fingerprint density at radius 3 is 3.00 bits per heavy atom. The largest absolute Gasteiger partial charge is 0.360 e. The second kappa shape index (κ2) is 6.58. The Kier molecular flexibility index (Phi) is 4.05. The fraction of sp³-hybridized carbons (Fsp3) is 0.333. The summed E-state index contributed by atoms with van der Waals surface area (Å²) in [4.78, 5) is 32.9. The number of hydrogen-bond donors (Lipinski definition) is 1. The first-order chi connectivity index (χ1) is 13.2. The molecule has 0 spiro atoms. The summed E-state index contributed by atoms with van der Waals surface area (Å²) in [6.07, 6.45) is 2.88. The summed E-state index contributed by atoms with van der Waals surface area (Å²) in [5, 5.41) is 9.23. The van der Waals surface area contributed by atoms with Gasteiger partial charge >= 0.3 is 0 Å². The van der Waals surface area contributed by atoms with E-state index < -0.39 is 0 Å². The van der Waals surface area contributed by atoms with Crippen LogP contribution < -0.4 is 5.32 Å². The van der Waals surface area contributed by atoms with Crippen molar-refractivity contribution in [1.82, 2.24) is 15.0 Å². The van der Waals surface area contributed by atoms with Crippen molar-refractivity contribution in [3.8, 4) is 0 Å². The summed E-state index contributed by atoms with van der Waals surface area (Å²) >= 11 is 2.81. The first-order valence-corrected chi connectivity index (χ1v) is 10.5. The quantitative estimate of drug-likeness (QED) is 0.724. The lowest BCUT2D eigenvalue weighted by Crippen LogP contribution is -2.35. The van der Waals surface area contributed by atoms with Crippen LogP contribution in [0.2, 0.25) is 0 Å². The molecule has 7 nitrogen and oxygen atoms in total. The zero-order valence-electron chi connectivity index (χ0n) is 14.3. The number of nitrogens with one attached hydrogen (secondary N) is 1. The molecule has 1 saturated carbocycles. The van der Waals surface area contributed by atoms with E-state index in [1.807, 2.05) is 11.4 Å². The molecule has 1 N–H and O–H groups in total. The molecule has 2 aliphatic rings. The van der Waals surface area contributed by atoms with Crippen LogP contribution in [-0.2, 0) is 13.0 Å². The molecule has 0 atom stereocenters. The Bertz CT molecular complexity index is 1000. The lowest BCUT2D eigenvalue weighted by molar-refractivity contribution is 0.0725. The summed E-state index contributed by atoms with van der Waals surface area (Å²) in [5.41, 5.74) is 1.32. The zero-order chi connectivity index (χ0) is 18.4. The molecule has 1 aliphatic heterocycles. The molecule has 3 aromatic rings.